The topological polar surface area (TPSA) is 6.48 Å². The van der Waals surface area contributed by atoms with Crippen molar-refractivity contribution >= 4 is 30.1 Å². The molecule has 4 rings (SSSR count). The van der Waals surface area contributed by atoms with Gasteiger partial charge in [0.2, 0.25) is 0 Å². The van der Waals surface area contributed by atoms with E-state index in [0.29, 0.717) is 0 Å². The summed E-state index contributed by atoms with van der Waals surface area (Å²) >= 11 is 0. The van der Waals surface area contributed by atoms with E-state index in [0.717, 1.165) is 13.1 Å². The molecule has 0 aliphatic carbocycles. The minimum Gasteiger partial charge on any atom is -0.399 e. The van der Waals surface area contributed by atoms with Crippen LogP contribution < -0.4 is 9.62 Å². The zero-order valence-corrected chi connectivity index (χ0v) is 20.2. The largest absolute Gasteiger partial charge is 0.399 e. The maximum atomic E-state index is 2.50. The average molecular weight is 411 g/mol. The summed E-state index contributed by atoms with van der Waals surface area (Å²) in [5, 5.41) is 0. The van der Waals surface area contributed by atoms with E-state index in [2.05, 4.69) is 95.1 Å². The Morgan fingerprint density at radius 2 is 1.06 bits per heavy atom. The maximum Gasteiger partial charge on any atom is 0.391 e. The number of hydrogen-bond donors (Lipinski definition) is 0. The van der Waals surface area contributed by atoms with Gasteiger partial charge in [0.15, 0.2) is 0 Å². The van der Waals surface area contributed by atoms with Crippen LogP contribution in [0.1, 0.15) is 76.6 Å². The van der Waals surface area contributed by atoms with Crippen LogP contribution in [-0.4, -0.2) is 20.6 Å². The third-order valence-electron chi connectivity index (χ3n) is 7.16. The van der Waals surface area contributed by atoms with E-state index < -0.39 is 0 Å². The smallest absolute Gasteiger partial charge is 0.391 e. The minimum absolute atomic E-state index is 1.09. The standard InChI is InChI=1S/C28H36BN2/c1-19(2)21(5)23-11-7-15-27-25(23)13-9-17-30(27)29-31-18-10-14-26-24(22(6)20(3)4)12-8-16-28(26)31/h7-8,11-12,15-16H,9-10,13-14,17-18H2,1-6H3. The van der Waals surface area contributed by atoms with Gasteiger partial charge in [0.05, 0.1) is 0 Å². The summed E-state index contributed by atoms with van der Waals surface area (Å²) in [6, 6.07) is 13.7. The molecule has 2 aromatic carbocycles. The fourth-order valence-corrected chi connectivity index (χ4v) is 4.96. The first-order valence-corrected chi connectivity index (χ1v) is 11.8. The van der Waals surface area contributed by atoms with Crippen molar-refractivity contribution in [2.24, 2.45) is 0 Å². The molecular weight excluding hydrogens is 375 g/mol. The number of fused-ring (bicyclic) bond motifs is 2. The maximum absolute atomic E-state index is 2.50. The SMILES string of the molecule is CC(C)=C(C)c1cccc2c1CCCN2[B]N1CCCc2c(C(C)=C(C)C)cccc21. The lowest BCUT2D eigenvalue weighted by Gasteiger charge is -2.39. The van der Waals surface area contributed by atoms with Crippen LogP contribution in [0.2, 0.25) is 0 Å². The highest BCUT2D eigenvalue weighted by molar-refractivity contribution is 6.47. The van der Waals surface area contributed by atoms with Crippen molar-refractivity contribution in [1.82, 2.24) is 0 Å². The van der Waals surface area contributed by atoms with E-state index in [9.17, 15) is 0 Å². The molecule has 3 heteroatoms. The zero-order chi connectivity index (χ0) is 22.1. The lowest BCUT2D eigenvalue weighted by atomic mass is 9.85. The summed E-state index contributed by atoms with van der Waals surface area (Å²) in [5.74, 6) is 0. The molecule has 0 aromatic heterocycles. The Labute approximate surface area is 189 Å². The summed E-state index contributed by atoms with van der Waals surface area (Å²) in [5.41, 5.74) is 14.3. The van der Waals surface area contributed by atoms with Crippen molar-refractivity contribution in [1.29, 1.82) is 0 Å². The molecule has 0 atom stereocenters. The van der Waals surface area contributed by atoms with Gasteiger partial charge in [-0.3, -0.25) is 0 Å². The molecule has 0 amide bonds. The van der Waals surface area contributed by atoms with Crippen molar-refractivity contribution in [3.63, 3.8) is 0 Å². The normalized spacial score (nSPS) is 15.2. The number of hydrogen-bond acceptors (Lipinski definition) is 2. The second-order valence-electron chi connectivity index (χ2n) is 9.57. The first-order chi connectivity index (χ1) is 14.9. The molecule has 0 fully saturated rings. The monoisotopic (exact) mass is 411 g/mol. The second kappa shape index (κ2) is 8.98. The van der Waals surface area contributed by atoms with E-state index in [1.54, 1.807) is 0 Å². The van der Waals surface area contributed by atoms with Gasteiger partial charge >= 0.3 is 7.55 Å². The van der Waals surface area contributed by atoms with E-state index >= 15 is 0 Å². The predicted molar refractivity (Wildman–Crippen MR) is 138 cm³/mol. The molecular formula is C28H36BN2. The first-order valence-electron chi connectivity index (χ1n) is 11.8. The van der Waals surface area contributed by atoms with E-state index in [1.807, 2.05) is 0 Å². The van der Waals surface area contributed by atoms with Crippen LogP contribution in [0.15, 0.2) is 47.5 Å². The minimum atomic E-state index is 1.09. The van der Waals surface area contributed by atoms with Crippen molar-refractivity contribution in [3.05, 3.63) is 69.8 Å². The van der Waals surface area contributed by atoms with Crippen LogP contribution in [0.4, 0.5) is 11.4 Å². The highest BCUT2D eigenvalue weighted by Crippen LogP contribution is 2.37. The highest BCUT2D eigenvalue weighted by atomic mass is 15.2. The van der Waals surface area contributed by atoms with Crippen LogP contribution in [-0.2, 0) is 12.8 Å². The number of nitrogens with zero attached hydrogens (tertiary/aromatic N) is 2. The Morgan fingerprint density at radius 1 is 0.645 bits per heavy atom. The molecule has 0 N–H and O–H groups in total. The lowest BCUT2D eigenvalue weighted by Crippen LogP contribution is -2.46. The molecule has 2 aromatic rings. The molecule has 2 aliphatic heterocycles. The predicted octanol–water partition coefficient (Wildman–Crippen LogP) is 7.05. The van der Waals surface area contributed by atoms with Crippen molar-refractivity contribution in [2.75, 3.05) is 22.7 Å². The third kappa shape index (κ3) is 4.20. The van der Waals surface area contributed by atoms with E-state index in [4.69, 9.17) is 0 Å². The molecule has 1 radical (unpaired) electrons. The molecule has 0 spiro atoms. The Balaban J connectivity index is 1.68. The van der Waals surface area contributed by atoms with Gasteiger partial charge in [-0.05, 0) is 113 Å². The van der Waals surface area contributed by atoms with Gasteiger partial charge in [0, 0.05) is 24.5 Å². The van der Waals surface area contributed by atoms with Crippen molar-refractivity contribution in [3.8, 4) is 0 Å². The van der Waals surface area contributed by atoms with Gasteiger partial charge in [0.25, 0.3) is 0 Å². The van der Waals surface area contributed by atoms with Crippen LogP contribution in [0.25, 0.3) is 11.1 Å². The fraction of sp³-hybridized carbons (Fsp3) is 0.429. The van der Waals surface area contributed by atoms with Gasteiger partial charge in [-0.2, -0.15) is 0 Å². The molecule has 0 saturated heterocycles. The first kappa shape index (κ1) is 21.8. The Hall–Kier alpha value is -2.42. The van der Waals surface area contributed by atoms with Gasteiger partial charge in [-0.15, -0.1) is 0 Å². The molecule has 2 aliphatic rings. The van der Waals surface area contributed by atoms with Crippen molar-refractivity contribution < 1.29 is 0 Å². The molecule has 2 nitrogen and oxygen atoms in total. The number of rotatable bonds is 4. The summed E-state index contributed by atoms with van der Waals surface area (Å²) in [7, 11) is 2.39. The summed E-state index contributed by atoms with van der Waals surface area (Å²) in [6.07, 6.45) is 4.74. The molecule has 0 unspecified atom stereocenters. The number of benzene rings is 2. The van der Waals surface area contributed by atoms with Crippen LogP contribution in [0.3, 0.4) is 0 Å². The lowest BCUT2D eigenvalue weighted by molar-refractivity contribution is 0.760. The molecule has 2 heterocycles. The summed E-state index contributed by atoms with van der Waals surface area (Å²) < 4.78 is 0. The zero-order valence-electron chi connectivity index (χ0n) is 20.2. The second-order valence-corrected chi connectivity index (χ2v) is 9.57. The molecule has 0 bridgehead atoms. The fourth-order valence-electron chi connectivity index (χ4n) is 4.96. The number of anilines is 2. The van der Waals surface area contributed by atoms with Crippen LogP contribution in [0, 0.1) is 0 Å². The van der Waals surface area contributed by atoms with Crippen molar-refractivity contribution in [2.45, 2.75) is 67.2 Å². The highest BCUT2D eigenvalue weighted by Gasteiger charge is 2.27. The van der Waals surface area contributed by atoms with E-state index in [1.165, 1.54) is 81.6 Å². The molecule has 161 valence electrons. The Morgan fingerprint density at radius 3 is 1.45 bits per heavy atom. The Kier molecular flexibility index (Phi) is 6.32. The average Bonchev–Trinajstić information content (AvgIpc) is 2.77. The number of allylic oxidation sites excluding steroid dienone is 4. The summed E-state index contributed by atoms with van der Waals surface area (Å²) in [6.45, 7) is 15.6. The van der Waals surface area contributed by atoms with Gasteiger partial charge in [-0.1, -0.05) is 35.4 Å². The summed E-state index contributed by atoms with van der Waals surface area (Å²) in [4.78, 5) is 4.99. The molecule has 0 saturated carbocycles. The van der Waals surface area contributed by atoms with Crippen LogP contribution >= 0.6 is 0 Å². The van der Waals surface area contributed by atoms with Gasteiger partial charge in [0.1, 0.15) is 0 Å². The van der Waals surface area contributed by atoms with Gasteiger partial charge < -0.3 is 9.62 Å². The Bertz CT molecular complexity index is 955. The van der Waals surface area contributed by atoms with Gasteiger partial charge in [-0.25, -0.2) is 0 Å². The van der Waals surface area contributed by atoms with E-state index in [-0.39, 0.29) is 0 Å². The molecule has 31 heavy (non-hydrogen) atoms. The third-order valence-corrected chi connectivity index (χ3v) is 7.16. The van der Waals surface area contributed by atoms with Crippen LogP contribution in [0.5, 0.6) is 0 Å². The quantitative estimate of drug-likeness (QED) is 0.497.